The molecule has 2 nitrogen and oxygen atoms in total. The van der Waals surface area contributed by atoms with Gasteiger partial charge < -0.3 is 5.73 Å². The minimum absolute atomic E-state index is 0.00108. The molecule has 88 valence electrons. The molecule has 2 rings (SSSR count). The van der Waals surface area contributed by atoms with Crippen LogP contribution in [0.15, 0.2) is 42.5 Å². The smallest absolute Gasteiger partial charge is 0.165 e. The van der Waals surface area contributed by atoms with Crippen molar-refractivity contribution < 1.29 is 4.79 Å². The predicted molar refractivity (Wildman–Crippen MR) is 71.1 cm³/mol. The molecule has 2 aromatic rings. The van der Waals surface area contributed by atoms with Crippen LogP contribution in [0, 0.1) is 5.92 Å². The van der Waals surface area contributed by atoms with Crippen LogP contribution in [0.25, 0.3) is 10.8 Å². The molecule has 1 atom stereocenters. The third kappa shape index (κ3) is 2.53. The van der Waals surface area contributed by atoms with Gasteiger partial charge in [-0.25, -0.2) is 0 Å². The largest absolute Gasteiger partial charge is 0.330 e. The maximum absolute atomic E-state index is 12.1. The van der Waals surface area contributed by atoms with Crippen LogP contribution in [0.3, 0.4) is 0 Å². The van der Waals surface area contributed by atoms with Crippen molar-refractivity contribution in [3.05, 3.63) is 48.0 Å². The van der Waals surface area contributed by atoms with Gasteiger partial charge >= 0.3 is 0 Å². The van der Waals surface area contributed by atoms with Crippen molar-refractivity contribution in [3.8, 4) is 0 Å². The van der Waals surface area contributed by atoms with Crippen LogP contribution in [0.1, 0.15) is 23.7 Å². The first kappa shape index (κ1) is 11.8. The fraction of sp³-hybridized carbons (Fsp3) is 0.267. The summed E-state index contributed by atoms with van der Waals surface area (Å²) in [5.74, 6) is 0.183. The van der Waals surface area contributed by atoms with Gasteiger partial charge in [0.05, 0.1) is 0 Å². The summed E-state index contributed by atoms with van der Waals surface area (Å²) in [5, 5.41) is 2.27. The fourth-order valence-corrected chi connectivity index (χ4v) is 2.01. The molecule has 0 bridgehead atoms. The van der Waals surface area contributed by atoms with E-state index in [9.17, 15) is 4.79 Å². The molecule has 0 heterocycles. The summed E-state index contributed by atoms with van der Waals surface area (Å²) >= 11 is 0. The summed E-state index contributed by atoms with van der Waals surface area (Å²) in [7, 11) is 0. The van der Waals surface area contributed by atoms with Gasteiger partial charge in [0.2, 0.25) is 0 Å². The molecule has 2 aromatic carbocycles. The quantitative estimate of drug-likeness (QED) is 0.816. The number of carbonyl (C=O) groups excluding carboxylic acids is 1. The maximum Gasteiger partial charge on any atom is 0.165 e. The Morgan fingerprint density at radius 2 is 1.88 bits per heavy atom. The zero-order chi connectivity index (χ0) is 12.3. The summed E-state index contributed by atoms with van der Waals surface area (Å²) < 4.78 is 0. The molecule has 0 aliphatic rings. The van der Waals surface area contributed by atoms with Gasteiger partial charge in [-0.1, -0.05) is 43.3 Å². The van der Waals surface area contributed by atoms with Gasteiger partial charge in [0.1, 0.15) is 0 Å². The molecule has 1 unspecified atom stereocenters. The van der Waals surface area contributed by atoms with Gasteiger partial charge in [0.25, 0.3) is 0 Å². The van der Waals surface area contributed by atoms with Crippen LogP contribution in [-0.4, -0.2) is 12.3 Å². The highest BCUT2D eigenvalue weighted by molar-refractivity contribution is 6.01. The fourth-order valence-electron chi connectivity index (χ4n) is 2.01. The van der Waals surface area contributed by atoms with Crippen molar-refractivity contribution >= 4 is 16.6 Å². The number of Topliss-reactive ketones (excluding diaryl/α,β-unsaturated/α-hetero) is 1. The number of nitrogens with two attached hydrogens (primary N) is 1. The van der Waals surface area contributed by atoms with Crippen LogP contribution >= 0.6 is 0 Å². The summed E-state index contributed by atoms with van der Waals surface area (Å²) in [6.45, 7) is 2.49. The van der Waals surface area contributed by atoms with Crippen molar-refractivity contribution in [1.29, 1.82) is 0 Å². The van der Waals surface area contributed by atoms with Gasteiger partial charge in [-0.2, -0.15) is 0 Å². The van der Waals surface area contributed by atoms with E-state index in [-0.39, 0.29) is 11.7 Å². The second-order valence-electron chi connectivity index (χ2n) is 4.40. The Balaban J connectivity index is 2.33. The Bertz CT molecular complexity index is 533. The molecule has 0 saturated carbocycles. The van der Waals surface area contributed by atoms with Crippen molar-refractivity contribution in [3.63, 3.8) is 0 Å². The number of ketones is 1. The molecule has 0 aromatic heterocycles. The number of benzene rings is 2. The van der Waals surface area contributed by atoms with E-state index in [0.29, 0.717) is 6.54 Å². The molecule has 17 heavy (non-hydrogen) atoms. The van der Waals surface area contributed by atoms with Gasteiger partial charge in [-0.15, -0.1) is 0 Å². The molecule has 2 N–H and O–H groups in total. The minimum atomic E-state index is 0.00108. The molecule has 0 aliphatic heterocycles. The standard InChI is InChI=1S/C15H17NO/c1-11(8-9-16)15(17)14-7-6-12-4-2-3-5-13(12)10-14/h2-7,10-11H,8-9,16H2,1H3. The van der Waals surface area contributed by atoms with Gasteiger partial charge in [0.15, 0.2) is 5.78 Å². The Morgan fingerprint density at radius 3 is 2.59 bits per heavy atom. The van der Waals surface area contributed by atoms with Crippen molar-refractivity contribution in [2.45, 2.75) is 13.3 Å². The van der Waals surface area contributed by atoms with Crippen LogP contribution in [-0.2, 0) is 0 Å². The average Bonchev–Trinajstić information content (AvgIpc) is 2.37. The normalized spacial score (nSPS) is 12.6. The first-order chi connectivity index (χ1) is 8.22. The molecule has 0 radical (unpaired) electrons. The molecule has 0 fully saturated rings. The third-order valence-corrected chi connectivity index (χ3v) is 3.08. The van der Waals surface area contributed by atoms with Crippen LogP contribution in [0.4, 0.5) is 0 Å². The first-order valence-electron chi connectivity index (χ1n) is 5.95. The first-order valence-corrected chi connectivity index (χ1v) is 5.95. The Kier molecular flexibility index (Phi) is 3.55. The van der Waals surface area contributed by atoms with Gasteiger partial charge in [0, 0.05) is 11.5 Å². The Hall–Kier alpha value is -1.67. The lowest BCUT2D eigenvalue weighted by atomic mass is 9.95. The third-order valence-electron chi connectivity index (χ3n) is 3.08. The van der Waals surface area contributed by atoms with E-state index in [1.54, 1.807) is 0 Å². The van der Waals surface area contributed by atoms with Crippen LogP contribution in [0.5, 0.6) is 0 Å². The lowest BCUT2D eigenvalue weighted by Crippen LogP contribution is -2.15. The molecule has 0 spiro atoms. The van der Waals surface area contributed by atoms with Gasteiger partial charge in [-0.3, -0.25) is 4.79 Å². The molecule has 0 saturated heterocycles. The van der Waals surface area contributed by atoms with Crippen molar-refractivity contribution in [2.75, 3.05) is 6.54 Å². The maximum atomic E-state index is 12.1. The Morgan fingerprint density at radius 1 is 1.18 bits per heavy atom. The summed E-state index contributed by atoms with van der Waals surface area (Å²) in [6, 6.07) is 13.9. The molecular formula is C15H17NO. The molecule has 0 amide bonds. The highest BCUT2D eigenvalue weighted by Crippen LogP contribution is 2.18. The van der Waals surface area contributed by atoms with E-state index in [2.05, 4.69) is 0 Å². The average molecular weight is 227 g/mol. The summed E-state index contributed by atoms with van der Waals surface area (Å²) in [5.41, 5.74) is 6.27. The molecular weight excluding hydrogens is 210 g/mol. The second kappa shape index (κ2) is 5.11. The zero-order valence-electron chi connectivity index (χ0n) is 10.0. The van der Waals surface area contributed by atoms with Crippen LogP contribution in [0.2, 0.25) is 0 Å². The topological polar surface area (TPSA) is 43.1 Å². The van der Waals surface area contributed by atoms with Crippen molar-refractivity contribution in [1.82, 2.24) is 0 Å². The van der Waals surface area contributed by atoms with Crippen LogP contribution < -0.4 is 5.73 Å². The number of carbonyl (C=O) groups is 1. The van der Waals surface area contributed by atoms with E-state index in [4.69, 9.17) is 5.73 Å². The number of fused-ring (bicyclic) bond motifs is 1. The summed E-state index contributed by atoms with van der Waals surface area (Å²) in [6.07, 6.45) is 0.742. The van der Waals surface area contributed by atoms with E-state index in [1.807, 2.05) is 49.4 Å². The van der Waals surface area contributed by atoms with E-state index < -0.39 is 0 Å². The van der Waals surface area contributed by atoms with Crippen molar-refractivity contribution in [2.24, 2.45) is 11.7 Å². The zero-order valence-corrected chi connectivity index (χ0v) is 10.0. The summed E-state index contributed by atoms with van der Waals surface area (Å²) in [4.78, 5) is 12.1. The number of rotatable bonds is 4. The monoisotopic (exact) mass is 227 g/mol. The lowest BCUT2D eigenvalue weighted by Gasteiger charge is -2.09. The SMILES string of the molecule is CC(CCN)C(=O)c1ccc2ccccc2c1. The van der Waals surface area contributed by atoms with E-state index >= 15 is 0 Å². The number of hydrogen-bond donors (Lipinski definition) is 1. The highest BCUT2D eigenvalue weighted by atomic mass is 16.1. The second-order valence-corrected chi connectivity index (χ2v) is 4.40. The van der Waals surface area contributed by atoms with E-state index in [0.717, 1.165) is 22.8 Å². The lowest BCUT2D eigenvalue weighted by molar-refractivity contribution is 0.0925. The molecule has 2 heteroatoms. The minimum Gasteiger partial charge on any atom is -0.330 e. The highest BCUT2D eigenvalue weighted by Gasteiger charge is 2.14. The van der Waals surface area contributed by atoms with E-state index in [1.165, 1.54) is 0 Å². The van der Waals surface area contributed by atoms with Gasteiger partial charge in [-0.05, 0) is 29.8 Å². The number of hydrogen-bond acceptors (Lipinski definition) is 2. The molecule has 0 aliphatic carbocycles. The predicted octanol–water partition coefficient (Wildman–Crippen LogP) is 3.01. The Labute approximate surface area is 101 Å².